The van der Waals surface area contributed by atoms with Crippen LogP contribution in [0.25, 0.3) is 5.57 Å². The van der Waals surface area contributed by atoms with E-state index < -0.39 is 11.6 Å². The number of rotatable bonds is 11. The molecule has 0 amide bonds. The Morgan fingerprint density at radius 1 is 1.33 bits per heavy atom. The second kappa shape index (κ2) is 12.1. The maximum absolute atomic E-state index is 14.3. The molecule has 1 saturated heterocycles. The summed E-state index contributed by atoms with van der Waals surface area (Å²) in [4.78, 5) is 6.62. The van der Waals surface area contributed by atoms with Crippen molar-refractivity contribution < 1.29 is 8.78 Å². The lowest BCUT2D eigenvalue weighted by Gasteiger charge is -2.50. The zero-order valence-corrected chi connectivity index (χ0v) is 23.0. The number of allylic oxidation sites excluding steroid dienone is 1. The smallest absolute Gasteiger partial charge is 0.142 e. The van der Waals surface area contributed by atoms with Gasteiger partial charge in [-0.3, -0.25) is 9.58 Å². The summed E-state index contributed by atoms with van der Waals surface area (Å²) in [5, 5.41) is 10.9. The molecule has 2 aromatic rings. The van der Waals surface area contributed by atoms with E-state index in [-0.39, 0.29) is 28.7 Å². The van der Waals surface area contributed by atoms with Gasteiger partial charge in [-0.1, -0.05) is 37.3 Å². The minimum atomic E-state index is -0.642. The summed E-state index contributed by atoms with van der Waals surface area (Å²) in [6.45, 7) is 14.1. The maximum atomic E-state index is 14.3. The fourth-order valence-electron chi connectivity index (χ4n) is 5.02. The molecule has 204 valence electrons. The number of nitrogens with zero attached hydrogens (tertiary/aromatic N) is 4. The Kier molecular flexibility index (Phi) is 8.86. The molecule has 0 saturated carbocycles. The first-order chi connectivity index (χ1) is 18.7. The number of terminal acetylenes is 1. The number of benzene rings is 1. The third kappa shape index (κ3) is 5.91. The van der Waals surface area contributed by atoms with Gasteiger partial charge in [0.15, 0.2) is 0 Å². The third-order valence-corrected chi connectivity index (χ3v) is 7.77. The SMILES string of the molecule is C#CCC1(n2cc(/C(C)=C3\C=CN=C3NC=C)cn2)CN(CC(NCc2c(F)ccc(F)c2Cl)C(=C)CC)C1. The van der Waals surface area contributed by atoms with Crippen molar-refractivity contribution in [2.75, 3.05) is 19.6 Å². The van der Waals surface area contributed by atoms with Gasteiger partial charge in [0.2, 0.25) is 0 Å². The fourth-order valence-corrected chi connectivity index (χ4v) is 5.24. The minimum absolute atomic E-state index is 0.0896. The lowest BCUT2D eigenvalue weighted by atomic mass is 9.85. The summed E-state index contributed by atoms with van der Waals surface area (Å²) in [6, 6.07) is 1.98. The molecule has 1 fully saturated rings. The summed E-state index contributed by atoms with van der Waals surface area (Å²) < 4.78 is 30.2. The molecule has 1 aromatic carbocycles. The van der Waals surface area contributed by atoms with Crippen LogP contribution in [0.1, 0.15) is 37.8 Å². The molecule has 4 rings (SSSR count). The number of hydrogen-bond acceptors (Lipinski definition) is 5. The van der Waals surface area contributed by atoms with E-state index in [0.29, 0.717) is 26.1 Å². The molecule has 39 heavy (non-hydrogen) atoms. The van der Waals surface area contributed by atoms with E-state index >= 15 is 0 Å². The molecule has 6 nitrogen and oxygen atoms in total. The van der Waals surface area contributed by atoms with Gasteiger partial charge in [0.25, 0.3) is 0 Å². The van der Waals surface area contributed by atoms with E-state index in [2.05, 4.69) is 39.6 Å². The quantitative estimate of drug-likeness (QED) is 0.223. The number of aromatic nitrogens is 2. The lowest BCUT2D eigenvalue weighted by Crippen LogP contribution is -2.64. The first-order valence-corrected chi connectivity index (χ1v) is 13.2. The lowest BCUT2D eigenvalue weighted by molar-refractivity contribution is 0.00143. The highest BCUT2D eigenvalue weighted by atomic mass is 35.5. The average Bonchev–Trinajstić information content (AvgIpc) is 3.58. The number of aliphatic imine (C=N–C) groups is 1. The van der Waals surface area contributed by atoms with E-state index in [1.54, 1.807) is 12.4 Å². The molecule has 1 aromatic heterocycles. The Labute approximate surface area is 233 Å². The van der Waals surface area contributed by atoms with Crippen LogP contribution in [0.2, 0.25) is 5.02 Å². The summed E-state index contributed by atoms with van der Waals surface area (Å²) in [7, 11) is 0. The van der Waals surface area contributed by atoms with E-state index in [1.807, 2.05) is 37.0 Å². The van der Waals surface area contributed by atoms with Gasteiger partial charge < -0.3 is 10.6 Å². The average molecular weight is 551 g/mol. The molecular formula is C30H33ClF2N6. The number of halogens is 3. The van der Waals surface area contributed by atoms with Crippen LogP contribution < -0.4 is 10.6 Å². The van der Waals surface area contributed by atoms with Crippen molar-refractivity contribution in [2.24, 2.45) is 4.99 Å². The van der Waals surface area contributed by atoms with Gasteiger partial charge in [-0.25, -0.2) is 13.8 Å². The van der Waals surface area contributed by atoms with Gasteiger partial charge >= 0.3 is 0 Å². The second-order valence-electron chi connectivity index (χ2n) is 9.90. The van der Waals surface area contributed by atoms with Gasteiger partial charge in [0.05, 0.1) is 16.8 Å². The monoisotopic (exact) mass is 550 g/mol. The van der Waals surface area contributed by atoms with Crippen LogP contribution in [-0.2, 0) is 12.1 Å². The predicted molar refractivity (Wildman–Crippen MR) is 154 cm³/mol. The zero-order chi connectivity index (χ0) is 28.2. The molecule has 0 spiro atoms. The van der Waals surface area contributed by atoms with Crippen LogP contribution in [0, 0.1) is 24.0 Å². The van der Waals surface area contributed by atoms with Crippen molar-refractivity contribution in [3.05, 3.63) is 95.1 Å². The number of amidine groups is 1. The van der Waals surface area contributed by atoms with E-state index in [1.165, 1.54) is 0 Å². The molecule has 0 bridgehead atoms. The van der Waals surface area contributed by atoms with Crippen molar-refractivity contribution in [3.63, 3.8) is 0 Å². The molecular weight excluding hydrogens is 518 g/mol. The standard InChI is InChI=1S/C30H33ClF2N6/c1-6-12-30(39-16-22(14-37-39)21(5)23-11-13-35-29(23)34-8-3)18-38(19-30)17-27(20(4)7-2)36-15-24-25(32)9-10-26(33)28(24)31/h1,8-11,13-14,16,27,36H,3-4,7,12,15,17-19H2,2,5H3,(H,34,35)/b23-21+. The number of hydrogen-bond donors (Lipinski definition) is 2. The highest BCUT2D eigenvalue weighted by Gasteiger charge is 2.45. The number of likely N-dealkylation sites (tertiary alicyclic amines) is 1. The minimum Gasteiger partial charge on any atom is -0.347 e. The molecule has 0 radical (unpaired) electrons. The second-order valence-corrected chi connectivity index (χ2v) is 10.3. The number of nitrogens with one attached hydrogen (secondary N) is 2. The van der Waals surface area contributed by atoms with Crippen LogP contribution in [0.3, 0.4) is 0 Å². The molecule has 1 unspecified atom stereocenters. The van der Waals surface area contributed by atoms with Crippen LogP contribution in [0.15, 0.2) is 72.3 Å². The Morgan fingerprint density at radius 2 is 2.08 bits per heavy atom. The van der Waals surface area contributed by atoms with Crippen molar-refractivity contribution >= 4 is 23.0 Å². The van der Waals surface area contributed by atoms with E-state index in [9.17, 15) is 8.78 Å². The summed E-state index contributed by atoms with van der Waals surface area (Å²) in [6.07, 6.45) is 16.3. The Balaban J connectivity index is 1.47. The van der Waals surface area contributed by atoms with Crippen LogP contribution in [0.5, 0.6) is 0 Å². The van der Waals surface area contributed by atoms with Gasteiger partial charge in [0.1, 0.15) is 17.5 Å². The molecule has 0 aliphatic carbocycles. The Bertz CT molecular complexity index is 1390. The maximum Gasteiger partial charge on any atom is 0.142 e. The molecule has 1 atom stereocenters. The molecule has 9 heteroatoms. The fraction of sp³-hybridized carbons (Fsp3) is 0.333. The van der Waals surface area contributed by atoms with Gasteiger partial charge in [-0.15, -0.1) is 12.3 Å². The largest absolute Gasteiger partial charge is 0.347 e. The van der Waals surface area contributed by atoms with E-state index in [4.69, 9.17) is 23.1 Å². The molecule has 3 heterocycles. The first kappa shape index (κ1) is 28.5. The summed E-state index contributed by atoms with van der Waals surface area (Å²) in [5.74, 6) is 2.38. The van der Waals surface area contributed by atoms with Gasteiger partial charge in [-0.2, -0.15) is 5.10 Å². The molecule has 2 aliphatic rings. The molecule has 2 N–H and O–H groups in total. The molecule has 2 aliphatic heterocycles. The van der Waals surface area contributed by atoms with E-state index in [0.717, 1.165) is 46.7 Å². The van der Waals surface area contributed by atoms with Gasteiger partial charge in [-0.05, 0) is 43.3 Å². The summed E-state index contributed by atoms with van der Waals surface area (Å²) >= 11 is 6.03. The first-order valence-electron chi connectivity index (χ1n) is 12.8. The van der Waals surface area contributed by atoms with Crippen molar-refractivity contribution in [1.29, 1.82) is 0 Å². The highest BCUT2D eigenvalue weighted by Crippen LogP contribution is 2.34. The van der Waals surface area contributed by atoms with Crippen LogP contribution in [0.4, 0.5) is 8.78 Å². The topological polar surface area (TPSA) is 57.5 Å². The normalized spacial score (nSPS) is 18.2. The van der Waals surface area contributed by atoms with Crippen LogP contribution in [-0.4, -0.2) is 46.2 Å². The zero-order valence-electron chi connectivity index (χ0n) is 22.3. The Hall–Kier alpha value is -3.51. The predicted octanol–water partition coefficient (Wildman–Crippen LogP) is 5.41. The van der Waals surface area contributed by atoms with Crippen molar-refractivity contribution in [3.8, 4) is 12.3 Å². The Morgan fingerprint density at radius 3 is 2.77 bits per heavy atom. The third-order valence-electron chi connectivity index (χ3n) is 7.36. The van der Waals surface area contributed by atoms with Crippen molar-refractivity contribution in [1.82, 2.24) is 25.3 Å². The van der Waals surface area contributed by atoms with Crippen LogP contribution >= 0.6 is 11.6 Å². The van der Waals surface area contributed by atoms with Crippen molar-refractivity contribution in [2.45, 2.75) is 44.8 Å². The highest BCUT2D eigenvalue weighted by molar-refractivity contribution is 6.31. The van der Waals surface area contributed by atoms with Gasteiger partial charge in [0, 0.05) is 67.7 Å². The summed E-state index contributed by atoms with van der Waals surface area (Å²) in [5.41, 5.74) is 3.75.